The Labute approximate surface area is 124 Å². The van der Waals surface area contributed by atoms with E-state index in [-0.39, 0.29) is 17.1 Å². The van der Waals surface area contributed by atoms with Crippen LogP contribution in [0.4, 0.5) is 0 Å². The highest BCUT2D eigenvalue weighted by Gasteiger charge is 2.36. The van der Waals surface area contributed by atoms with Gasteiger partial charge in [0, 0.05) is 12.6 Å². The van der Waals surface area contributed by atoms with Crippen molar-refractivity contribution in [2.24, 2.45) is 0 Å². The van der Waals surface area contributed by atoms with Gasteiger partial charge in [-0.1, -0.05) is 6.07 Å². The molecule has 6 nitrogen and oxygen atoms in total. The van der Waals surface area contributed by atoms with Gasteiger partial charge in [0.15, 0.2) is 0 Å². The number of aliphatic hydroxyl groups is 1. The summed E-state index contributed by atoms with van der Waals surface area (Å²) in [4.78, 5) is 11.2. The van der Waals surface area contributed by atoms with Crippen LogP contribution in [-0.2, 0) is 10.0 Å². The highest BCUT2D eigenvalue weighted by molar-refractivity contribution is 7.89. The molecule has 0 aromatic heterocycles. The number of hydrogen-bond acceptors (Lipinski definition) is 4. The topological polar surface area (TPSA) is 94.9 Å². The van der Waals surface area contributed by atoms with Gasteiger partial charge in [0.1, 0.15) is 0 Å². The normalized spacial score (nSPS) is 19.9. The molecule has 2 N–H and O–H groups in total. The predicted octanol–water partition coefficient (Wildman–Crippen LogP) is 1.15. The summed E-state index contributed by atoms with van der Waals surface area (Å²) >= 11 is 0. The van der Waals surface area contributed by atoms with Gasteiger partial charge in [0.25, 0.3) is 0 Å². The molecule has 0 amide bonds. The Balaban J connectivity index is 2.54. The van der Waals surface area contributed by atoms with Gasteiger partial charge in [-0.2, -0.15) is 4.31 Å². The quantitative estimate of drug-likeness (QED) is 0.869. The van der Waals surface area contributed by atoms with Crippen molar-refractivity contribution in [2.45, 2.75) is 37.6 Å². The first-order chi connectivity index (χ1) is 9.78. The Morgan fingerprint density at radius 1 is 1.33 bits per heavy atom. The van der Waals surface area contributed by atoms with E-state index < -0.39 is 22.0 Å². The van der Waals surface area contributed by atoms with Crippen molar-refractivity contribution in [3.63, 3.8) is 0 Å². The van der Waals surface area contributed by atoms with Gasteiger partial charge in [-0.05, 0) is 43.9 Å². The van der Waals surface area contributed by atoms with Gasteiger partial charge in [0.05, 0.1) is 17.1 Å². The third kappa shape index (κ3) is 2.81. The highest BCUT2D eigenvalue weighted by atomic mass is 32.2. The van der Waals surface area contributed by atoms with Crippen LogP contribution in [0.3, 0.4) is 0 Å². The van der Waals surface area contributed by atoms with E-state index in [1.807, 2.05) is 0 Å². The van der Waals surface area contributed by atoms with Crippen molar-refractivity contribution in [1.29, 1.82) is 0 Å². The van der Waals surface area contributed by atoms with Gasteiger partial charge < -0.3 is 10.2 Å². The number of aromatic carboxylic acids is 1. The third-order valence-corrected chi connectivity index (χ3v) is 5.97. The first-order valence-electron chi connectivity index (χ1n) is 6.76. The molecule has 0 radical (unpaired) electrons. The highest BCUT2D eigenvalue weighted by Crippen LogP contribution is 2.29. The predicted molar refractivity (Wildman–Crippen MR) is 76.9 cm³/mol. The molecule has 7 heteroatoms. The van der Waals surface area contributed by atoms with Gasteiger partial charge in [-0.25, -0.2) is 13.2 Å². The summed E-state index contributed by atoms with van der Waals surface area (Å²) in [7, 11) is -3.79. The molecule has 0 aliphatic carbocycles. The number of aryl methyl sites for hydroxylation is 2. The van der Waals surface area contributed by atoms with Crippen LogP contribution in [0.1, 0.15) is 34.3 Å². The number of carbonyl (C=O) groups is 1. The third-order valence-electron chi connectivity index (χ3n) is 3.87. The fourth-order valence-electron chi connectivity index (χ4n) is 2.78. The molecular weight excluding hydrogens is 294 g/mol. The lowest BCUT2D eigenvalue weighted by molar-refractivity contribution is 0.0696. The van der Waals surface area contributed by atoms with Crippen molar-refractivity contribution in [2.75, 3.05) is 13.2 Å². The number of carboxylic acids is 1. The maximum atomic E-state index is 12.7. The lowest BCUT2D eigenvalue weighted by Crippen LogP contribution is -2.38. The Hall–Kier alpha value is -1.44. The van der Waals surface area contributed by atoms with Gasteiger partial charge >= 0.3 is 5.97 Å². The van der Waals surface area contributed by atoms with Crippen LogP contribution in [0.25, 0.3) is 0 Å². The van der Waals surface area contributed by atoms with E-state index in [0.29, 0.717) is 30.5 Å². The van der Waals surface area contributed by atoms with E-state index >= 15 is 0 Å². The first-order valence-corrected chi connectivity index (χ1v) is 8.20. The van der Waals surface area contributed by atoms with E-state index in [9.17, 15) is 18.3 Å². The Morgan fingerprint density at radius 3 is 2.57 bits per heavy atom. The molecule has 0 spiro atoms. The second kappa shape index (κ2) is 5.75. The lowest BCUT2D eigenvalue weighted by Gasteiger charge is -2.23. The molecule has 1 atom stereocenters. The Bertz CT molecular complexity index is 668. The van der Waals surface area contributed by atoms with Crippen LogP contribution in [0, 0.1) is 13.8 Å². The molecular formula is C14H19NO5S. The van der Waals surface area contributed by atoms with Gasteiger partial charge in [-0.15, -0.1) is 0 Å². The molecule has 1 aliphatic rings. The first kappa shape index (κ1) is 15.9. The van der Waals surface area contributed by atoms with E-state index in [2.05, 4.69) is 0 Å². The summed E-state index contributed by atoms with van der Waals surface area (Å²) in [6.45, 7) is 3.41. The average Bonchev–Trinajstić information content (AvgIpc) is 2.86. The van der Waals surface area contributed by atoms with Crippen molar-refractivity contribution < 1.29 is 23.4 Å². The zero-order valence-electron chi connectivity index (χ0n) is 12.0. The maximum absolute atomic E-state index is 12.7. The molecule has 1 aliphatic heterocycles. The summed E-state index contributed by atoms with van der Waals surface area (Å²) in [6.07, 6.45) is 1.31. The molecule has 1 unspecified atom stereocenters. The fraction of sp³-hybridized carbons (Fsp3) is 0.500. The summed E-state index contributed by atoms with van der Waals surface area (Å²) in [5, 5.41) is 18.5. The van der Waals surface area contributed by atoms with E-state index in [1.165, 1.54) is 10.4 Å². The molecule has 0 saturated carbocycles. The molecule has 1 fully saturated rings. The number of hydrogen-bond donors (Lipinski definition) is 2. The second-order valence-corrected chi connectivity index (χ2v) is 7.19. The molecule has 21 heavy (non-hydrogen) atoms. The van der Waals surface area contributed by atoms with Crippen LogP contribution < -0.4 is 0 Å². The van der Waals surface area contributed by atoms with E-state index in [0.717, 1.165) is 0 Å². The maximum Gasteiger partial charge on any atom is 0.335 e. The Morgan fingerprint density at radius 2 is 2.00 bits per heavy atom. The zero-order chi connectivity index (χ0) is 15.8. The van der Waals surface area contributed by atoms with Crippen LogP contribution >= 0.6 is 0 Å². The molecule has 0 bridgehead atoms. The van der Waals surface area contributed by atoms with Crippen molar-refractivity contribution >= 4 is 16.0 Å². The molecule has 1 aromatic rings. The number of rotatable bonds is 4. The Kier molecular flexibility index (Phi) is 4.36. The average molecular weight is 313 g/mol. The molecule has 116 valence electrons. The summed E-state index contributed by atoms with van der Waals surface area (Å²) in [5.74, 6) is -1.15. The summed E-state index contributed by atoms with van der Waals surface area (Å²) in [6, 6.07) is 2.36. The van der Waals surface area contributed by atoms with Crippen LogP contribution in [0.15, 0.2) is 17.0 Å². The summed E-state index contributed by atoms with van der Waals surface area (Å²) in [5.41, 5.74) is 1.03. The van der Waals surface area contributed by atoms with Gasteiger partial charge in [-0.3, -0.25) is 0 Å². The molecule has 1 saturated heterocycles. The number of sulfonamides is 1. The number of aliphatic hydroxyl groups excluding tert-OH is 1. The zero-order valence-corrected chi connectivity index (χ0v) is 12.9. The molecule has 1 aromatic carbocycles. The number of benzene rings is 1. The van der Waals surface area contributed by atoms with Crippen molar-refractivity contribution in [3.05, 3.63) is 28.8 Å². The smallest absolute Gasteiger partial charge is 0.335 e. The minimum atomic E-state index is -3.79. The largest absolute Gasteiger partial charge is 0.478 e. The van der Waals surface area contributed by atoms with E-state index in [1.54, 1.807) is 19.9 Å². The molecule has 1 heterocycles. The molecule has 2 rings (SSSR count). The van der Waals surface area contributed by atoms with E-state index in [4.69, 9.17) is 5.11 Å². The SMILES string of the molecule is Cc1cc(C)c(S(=O)(=O)N2CCCC2CO)cc1C(=O)O. The van der Waals surface area contributed by atoms with Crippen LogP contribution in [-0.4, -0.2) is 48.1 Å². The monoisotopic (exact) mass is 313 g/mol. The van der Waals surface area contributed by atoms with Crippen molar-refractivity contribution in [1.82, 2.24) is 4.31 Å². The van der Waals surface area contributed by atoms with Crippen LogP contribution in [0.5, 0.6) is 0 Å². The van der Waals surface area contributed by atoms with Crippen LogP contribution in [0.2, 0.25) is 0 Å². The lowest BCUT2D eigenvalue weighted by atomic mass is 10.1. The number of carboxylic acid groups (broad SMARTS) is 1. The van der Waals surface area contributed by atoms with Crippen molar-refractivity contribution in [3.8, 4) is 0 Å². The summed E-state index contributed by atoms with van der Waals surface area (Å²) < 4.78 is 26.7. The van der Waals surface area contributed by atoms with Gasteiger partial charge in [0.2, 0.25) is 10.0 Å². The minimum Gasteiger partial charge on any atom is -0.478 e. The standard InChI is InChI=1S/C14H19NO5S/c1-9-6-10(2)13(7-12(9)14(17)18)21(19,20)15-5-3-4-11(15)8-16/h6-7,11,16H,3-5,8H2,1-2H3,(H,17,18). The number of nitrogens with zero attached hydrogens (tertiary/aromatic N) is 1. The second-order valence-electron chi connectivity index (χ2n) is 5.33. The fourth-order valence-corrected chi connectivity index (χ4v) is 4.69. The minimum absolute atomic E-state index is 0.00542.